The van der Waals surface area contributed by atoms with Crippen molar-refractivity contribution in [1.29, 1.82) is 0 Å². The van der Waals surface area contributed by atoms with Crippen LogP contribution in [0.4, 0.5) is 0 Å². The van der Waals surface area contributed by atoms with Crippen LogP contribution in [0.2, 0.25) is 0 Å². The molecule has 0 aromatic rings. The van der Waals surface area contributed by atoms with Crippen LogP contribution in [0.3, 0.4) is 0 Å². The molecule has 1 radical (unpaired) electrons. The van der Waals surface area contributed by atoms with Gasteiger partial charge in [0.05, 0.1) is 6.10 Å². The van der Waals surface area contributed by atoms with Gasteiger partial charge in [0.2, 0.25) is 0 Å². The molecule has 0 aliphatic rings. The highest BCUT2D eigenvalue weighted by Gasteiger charge is 2.02. The van der Waals surface area contributed by atoms with Crippen LogP contribution in [0, 0.1) is 12.3 Å². The van der Waals surface area contributed by atoms with Gasteiger partial charge in [0.25, 0.3) is 0 Å². The maximum absolute atomic E-state index is 10.3. The number of aliphatic carboxylic acids is 1. The van der Waals surface area contributed by atoms with Gasteiger partial charge >= 0.3 is 5.97 Å². The van der Waals surface area contributed by atoms with Crippen molar-refractivity contribution < 1.29 is 15.0 Å². The summed E-state index contributed by atoms with van der Waals surface area (Å²) in [6.07, 6.45) is 11.9. The zero-order valence-corrected chi connectivity index (χ0v) is 11.2. The smallest absolute Gasteiger partial charge is 0.303 e. The second-order valence-corrected chi connectivity index (χ2v) is 4.59. The number of unbranched alkanes of at least 4 members (excludes halogenated alkanes) is 1. The monoisotopic (exact) mass is 253 g/mol. The molecule has 0 fully saturated rings. The lowest BCUT2D eigenvalue weighted by Gasteiger charge is -2.09. The van der Waals surface area contributed by atoms with Gasteiger partial charge in [-0.3, -0.25) is 4.79 Å². The Hall–Kier alpha value is -1.09. The molecule has 0 bridgehead atoms. The van der Waals surface area contributed by atoms with Crippen LogP contribution in [0.1, 0.15) is 45.4 Å². The van der Waals surface area contributed by atoms with Crippen molar-refractivity contribution in [2.24, 2.45) is 5.92 Å². The van der Waals surface area contributed by atoms with E-state index in [-0.39, 0.29) is 6.42 Å². The molecule has 2 N–H and O–H groups in total. The Balaban J connectivity index is 3.45. The third kappa shape index (κ3) is 11.4. The van der Waals surface area contributed by atoms with Gasteiger partial charge in [-0.25, -0.2) is 0 Å². The summed E-state index contributed by atoms with van der Waals surface area (Å²) < 4.78 is 0. The molecule has 0 saturated carbocycles. The predicted octanol–water partition coefficient (Wildman–Crippen LogP) is 3.36. The van der Waals surface area contributed by atoms with Gasteiger partial charge in [0.1, 0.15) is 0 Å². The number of allylic oxidation sites excluding steroid dienone is 2. The Bertz CT molecular complexity index is 258. The zero-order chi connectivity index (χ0) is 13.8. The average molecular weight is 253 g/mol. The quantitative estimate of drug-likeness (QED) is 0.438. The van der Waals surface area contributed by atoms with Gasteiger partial charge in [-0.05, 0) is 44.4 Å². The topological polar surface area (TPSA) is 57.5 Å². The predicted molar refractivity (Wildman–Crippen MR) is 74.1 cm³/mol. The van der Waals surface area contributed by atoms with E-state index in [1.807, 2.05) is 6.08 Å². The van der Waals surface area contributed by atoms with E-state index < -0.39 is 12.1 Å². The second kappa shape index (κ2) is 11.0. The number of carboxylic acid groups (broad SMARTS) is 1. The Morgan fingerprint density at radius 1 is 1.33 bits per heavy atom. The SMILES string of the molecule is C=CC(O)CC[CH]C(C)CC=CCCCC(=O)O. The van der Waals surface area contributed by atoms with E-state index in [0.717, 1.165) is 25.7 Å². The number of carbonyl (C=O) groups is 1. The van der Waals surface area contributed by atoms with Crippen LogP contribution >= 0.6 is 0 Å². The molecule has 2 unspecified atom stereocenters. The number of carboxylic acids is 1. The largest absolute Gasteiger partial charge is 0.481 e. The first-order chi connectivity index (χ1) is 8.56. The van der Waals surface area contributed by atoms with Gasteiger partial charge < -0.3 is 10.2 Å². The lowest BCUT2D eigenvalue weighted by atomic mass is 9.99. The number of rotatable bonds is 11. The molecule has 0 heterocycles. The molecular formula is C15H25O3. The molecule has 2 atom stereocenters. The van der Waals surface area contributed by atoms with Crippen molar-refractivity contribution >= 4 is 5.97 Å². The van der Waals surface area contributed by atoms with E-state index in [1.165, 1.54) is 0 Å². The minimum absolute atomic E-state index is 0.242. The van der Waals surface area contributed by atoms with Crippen LogP contribution in [-0.4, -0.2) is 22.3 Å². The van der Waals surface area contributed by atoms with Crippen molar-refractivity contribution in [3.05, 3.63) is 31.2 Å². The molecule has 103 valence electrons. The van der Waals surface area contributed by atoms with Crippen molar-refractivity contribution in [2.75, 3.05) is 0 Å². The number of aliphatic hydroxyl groups is 1. The minimum Gasteiger partial charge on any atom is -0.481 e. The van der Waals surface area contributed by atoms with E-state index in [4.69, 9.17) is 5.11 Å². The molecule has 0 aromatic carbocycles. The molecule has 3 nitrogen and oxygen atoms in total. The summed E-state index contributed by atoms with van der Waals surface area (Å²) in [7, 11) is 0. The van der Waals surface area contributed by atoms with Gasteiger partial charge in [-0.1, -0.05) is 25.2 Å². The number of hydrogen-bond acceptors (Lipinski definition) is 2. The third-order valence-corrected chi connectivity index (χ3v) is 2.74. The van der Waals surface area contributed by atoms with E-state index in [9.17, 15) is 9.90 Å². The fraction of sp³-hybridized carbons (Fsp3) is 0.600. The Labute approximate surface area is 110 Å². The molecule has 0 aromatic heterocycles. The highest BCUT2D eigenvalue weighted by molar-refractivity contribution is 5.66. The normalized spacial score (nSPS) is 14.6. The Kier molecular flexibility index (Phi) is 10.4. The summed E-state index contributed by atoms with van der Waals surface area (Å²) in [5.74, 6) is -0.247. The van der Waals surface area contributed by atoms with Crippen molar-refractivity contribution in [3.63, 3.8) is 0 Å². The maximum atomic E-state index is 10.3. The lowest BCUT2D eigenvalue weighted by molar-refractivity contribution is -0.137. The highest BCUT2D eigenvalue weighted by Crippen LogP contribution is 2.13. The van der Waals surface area contributed by atoms with Gasteiger partial charge in [-0.15, -0.1) is 6.58 Å². The van der Waals surface area contributed by atoms with Gasteiger partial charge in [0, 0.05) is 6.42 Å². The van der Waals surface area contributed by atoms with Crippen LogP contribution in [0.25, 0.3) is 0 Å². The molecule has 3 heteroatoms. The summed E-state index contributed by atoms with van der Waals surface area (Å²) >= 11 is 0. The van der Waals surface area contributed by atoms with Crippen LogP contribution in [0.15, 0.2) is 24.8 Å². The fourth-order valence-electron chi connectivity index (χ4n) is 1.57. The standard InChI is InChI=1S/C15H25O3/c1-3-14(16)11-8-10-13(2)9-6-4-5-7-12-15(17)18/h3-4,6,10,13-14,16H,1,5,7-9,11-12H2,2H3,(H,17,18). The summed E-state index contributed by atoms with van der Waals surface area (Å²) in [5.41, 5.74) is 0. The average Bonchev–Trinajstić information content (AvgIpc) is 2.33. The van der Waals surface area contributed by atoms with E-state index in [0.29, 0.717) is 12.3 Å². The van der Waals surface area contributed by atoms with E-state index in [2.05, 4.69) is 26.0 Å². The van der Waals surface area contributed by atoms with E-state index >= 15 is 0 Å². The van der Waals surface area contributed by atoms with E-state index in [1.54, 1.807) is 6.08 Å². The molecular weight excluding hydrogens is 228 g/mol. The molecule has 0 rings (SSSR count). The van der Waals surface area contributed by atoms with Crippen molar-refractivity contribution in [2.45, 2.75) is 51.6 Å². The minimum atomic E-state index is -0.731. The summed E-state index contributed by atoms with van der Waals surface area (Å²) in [6.45, 7) is 5.67. The molecule has 0 aliphatic heterocycles. The fourth-order valence-corrected chi connectivity index (χ4v) is 1.57. The lowest BCUT2D eigenvalue weighted by Crippen LogP contribution is -2.03. The van der Waals surface area contributed by atoms with Crippen LogP contribution < -0.4 is 0 Å². The second-order valence-electron chi connectivity index (χ2n) is 4.59. The molecule has 0 saturated heterocycles. The number of aliphatic hydroxyl groups excluding tert-OH is 1. The van der Waals surface area contributed by atoms with Gasteiger partial charge in [-0.2, -0.15) is 0 Å². The zero-order valence-electron chi connectivity index (χ0n) is 11.2. The van der Waals surface area contributed by atoms with Crippen LogP contribution in [-0.2, 0) is 4.79 Å². The molecule has 0 amide bonds. The third-order valence-electron chi connectivity index (χ3n) is 2.74. The number of hydrogen-bond donors (Lipinski definition) is 2. The van der Waals surface area contributed by atoms with Crippen LogP contribution in [0.5, 0.6) is 0 Å². The highest BCUT2D eigenvalue weighted by atomic mass is 16.4. The summed E-state index contributed by atoms with van der Waals surface area (Å²) in [6, 6.07) is 0. The first-order valence-corrected chi connectivity index (χ1v) is 6.57. The molecule has 18 heavy (non-hydrogen) atoms. The maximum Gasteiger partial charge on any atom is 0.303 e. The molecule has 0 aliphatic carbocycles. The van der Waals surface area contributed by atoms with Gasteiger partial charge in [0.15, 0.2) is 0 Å². The Morgan fingerprint density at radius 3 is 2.67 bits per heavy atom. The molecule has 0 spiro atoms. The first-order valence-electron chi connectivity index (χ1n) is 6.57. The summed E-state index contributed by atoms with van der Waals surface area (Å²) in [5, 5.41) is 17.8. The Morgan fingerprint density at radius 2 is 2.06 bits per heavy atom. The summed E-state index contributed by atoms with van der Waals surface area (Å²) in [4.78, 5) is 10.3. The first kappa shape index (κ1) is 16.9. The van der Waals surface area contributed by atoms with Crippen molar-refractivity contribution in [1.82, 2.24) is 0 Å². The van der Waals surface area contributed by atoms with Crippen molar-refractivity contribution in [3.8, 4) is 0 Å².